The monoisotopic (exact) mass is 580 g/mol. The quantitative estimate of drug-likeness (QED) is 0.318. The molecule has 6 aliphatic rings. The number of carboxylic acids is 1. The van der Waals surface area contributed by atoms with Crippen molar-refractivity contribution in [3.8, 4) is 0 Å². The lowest BCUT2D eigenvalue weighted by molar-refractivity contribution is -0.137. The van der Waals surface area contributed by atoms with E-state index in [0.29, 0.717) is 31.5 Å². The van der Waals surface area contributed by atoms with E-state index in [-0.39, 0.29) is 12.3 Å². The minimum Gasteiger partial charge on any atom is -0.511 e. The number of nitrogens with one attached hydrogen (secondary N) is 1. The van der Waals surface area contributed by atoms with Crippen molar-refractivity contribution in [2.75, 3.05) is 7.11 Å². The zero-order chi connectivity index (χ0) is 31.0. The molecule has 9 heteroatoms. The molecule has 3 N–H and O–H groups in total. The van der Waals surface area contributed by atoms with Crippen molar-refractivity contribution in [3.63, 3.8) is 0 Å². The van der Waals surface area contributed by atoms with Gasteiger partial charge in [0.05, 0.1) is 41.3 Å². The van der Waals surface area contributed by atoms with Gasteiger partial charge in [-0.1, -0.05) is 19.6 Å². The maximum absolute atomic E-state index is 11.5. The summed E-state index contributed by atoms with van der Waals surface area (Å²) in [6.07, 6.45) is 10.4. The third kappa shape index (κ3) is 5.31. The van der Waals surface area contributed by atoms with Gasteiger partial charge in [0.25, 0.3) is 6.47 Å². The topological polar surface area (TPSA) is 133 Å². The van der Waals surface area contributed by atoms with Crippen LogP contribution in [0.3, 0.4) is 0 Å². The van der Waals surface area contributed by atoms with Gasteiger partial charge in [-0.05, 0) is 80.6 Å². The number of carboxylic acid groups (broad SMARTS) is 1. The number of rotatable bonds is 6. The number of hydrogen-bond acceptors (Lipinski definition) is 8. The van der Waals surface area contributed by atoms with E-state index in [1.165, 1.54) is 12.7 Å². The molecule has 6 rings (SSSR count). The van der Waals surface area contributed by atoms with Crippen LogP contribution in [0.2, 0.25) is 0 Å². The Morgan fingerprint density at radius 2 is 1.79 bits per heavy atom. The second-order valence-corrected chi connectivity index (χ2v) is 11.1. The van der Waals surface area contributed by atoms with Gasteiger partial charge in [-0.3, -0.25) is 9.59 Å². The highest BCUT2D eigenvalue weighted by Crippen LogP contribution is 2.45. The summed E-state index contributed by atoms with van der Waals surface area (Å²) < 4.78 is 3.86. The van der Waals surface area contributed by atoms with E-state index in [0.717, 1.165) is 85.5 Å². The van der Waals surface area contributed by atoms with Crippen molar-refractivity contribution in [1.29, 1.82) is 0 Å². The van der Waals surface area contributed by atoms with Crippen molar-refractivity contribution in [1.82, 2.24) is 5.32 Å². The highest BCUT2D eigenvalue weighted by molar-refractivity contribution is 6.21. The molecule has 5 aliphatic heterocycles. The Labute approximate surface area is 251 Å². The molecule has 0 amide bonds. The molecular formula is C34H36N4O5. The number of hydrogen-bond donors (Lipinski definition) is 3. The van der Waals surface area contributed by atoms with Crippen LogP contribution in [-0.2, 0) is 14.3 Å². The number of carbonyl (C=O) groups is 2. The lowest BCUT2D eigenvalue weighted by atomic mass is 9.93. The summed E-state index contributed by atoms with van der Waals surface area (Å²) in [5, 5.41) is 24.1. The maximum atomic E-state index is 11.5. The van der Waals surface area contributed by atoms with Gasteiger partial charge >= 0.3 is 5.97 Å². The van der Waals surface area contributed by atoms with Gasteiger partial charge in [0.2, 0.25) is 0 Å². The minimum atomic E-state index is -0.816. The fourth-order valence-corrected chi connectivity index (χ4v) is 6.36. The van der Waals surface area contributed by atoms with Gasteiger partial charge in [-0.2, -0.15) is 0 Å². The number of ether oxygens (including phenoxy) is 1. The molecule has 0 saturated carbocycles. The van der Waals surface area contributed by atoms with Gasteiger partial charge in [0.15, 0.2) is 0 Å². The number of allylic oxidation sites excluding steroid dienone is 12. The first-order valence-corrected chi connectivity index (χ1v) is 14.4. The standard InChI is InChI=1S/C32H32N4O3.C2H4O2/c1-6-20-15(3)23-11-19-10-18(8-9-29(38)39)31(33-19)22-12-28(37)30-17(5)25(36-32(22)30)14-27-21(7-2)16(4)24(35-27)13-26(20)34-23;1-4-2-3/h6,11,13-14,18,33,37H,1,7-10,12H2,2-5H3,(H,38,39);2H,1H3. The van der Waals surface area contributed by atoms with E-state index in [1.807, 2.05) is 32.1 Å². The van der Waals surface area contributed by atoms with Crippen molar-refractivity contribution < 1.29 is 24.5 Å². The average Bonchev–Trinajstić information content (AvgIpc) is 3.75. The van der Waals surface area contributed by atoms with E-state index in [2.05, 4.69) is 36.6 Å². The molecule has 1 saturated heterocycles. The van der Waals surface area contributed by atoms with E-state index >= 15 is 0 Å². The normalized spacial score (nSPS) is 22.0. The largest absolute Gasteiger partial charge is 0.511 e. The number of aliphatic carboxylic acids is 1. The second-order valence-electron chi connectivity index (χ2n) is 11.1. The number of fused-ring (bicyclic) bond motifs is 5. The molecule has 0 aromatic rings. The van der Waals surface area contributed by atoms with Crippen molar-refractivity contribution in [2.45, 2.75) is 59.8 Å². The van der Waals surface area contributed by atoms with Crippen molar-refractivity contribution in [3.05, 3.63) is 104 Å². The molecule has 0 aromatic heterocycles. The molecule has 1 fully saturated rings. The molecule has 43 heavy (non-hydrogen) atoms. The molecule has 0 radical (unpaired) electrons. The van der Waals surface area contributed by atoms with Crippen LogP contribution in [-0.4, -0.2) is 46.9 Å². The predicted molar refractivity (Wildman–Crippen MR) is 168 cm³/mol. The summed E-state index contributed by atoms with van der Waals surface area (Å²) in [6, 6.07) is 0. The van der Waals surface area contributed by atoms with Crippen LogP contribution in [0.1, 0.15) is 59.8 Å². The van der Waals surface area contributed by atoms with Gasteiger partial charge < -0.3 is 20.3 Å². The van der Waals surface area contributed by atoms with Gasteiger partial charge in [0, 0.05) is 46.9 Å². The molecule has 8 bridgehead atoms. The smallest absolute Gasteiger partial charge is 0.303 e. The SMILES string of the molecule is C=CC1=C(C)C2=NC1=CC1=NC(=CC3=C(C)C4=C(O)CC(=C5NC(=C2)CC5CCC(=O)O)C4=N3)C(CC)=C1C.COC=O. The predicted octanol–water partition coefficient (Wildman–Crippen LogP) is 6.25. The Hall–Kier alpha value is -4.79. The fraction of sp³-hybridized carbons (Fsp3) is 0.324. The van der Waals surface area contributed by atoms with E-state index in [1.54, 1.807) is 0 Å². The van der Waals surface area contributed by atoms with Gasteiger partial charge in [-0.15, -0.1) is 0 Å². The van der Waals surface area contributed by atoms with E-state index < -0.39 is 5.97 Å². The molecule has 222 valence electrons. The summed E-state index contributed by atoms with van der Waals surface area (Å²) in [6.45, 7) is 12.7. The van der Waals surface area contributed by atoms with Crippen LogP contribution in [0, 0.1) is 5.92 Å². The summed E-state index contributed by atoms with van der Waals surface area (Å²) >= 11 is 0. The van der Waals surface area contributed by atoms with Gasteiger partial charge in [0.1, 0.15) is 5.76 Å². The Morgan fingerprint density at radius 1 is 1.09 bits per heavy atom. The van der Waals surface area contributed by atoms with Gasteiger partial charge in [-0.25, -0.2) is 15.0 Å². The van der Waals surface area contributed by atoms with Crippen LogP contribution >= 0.6 is 0 Å². The number of nitrogens with zero attached hydrogens (tertiary/aromatic N) is 3. The molecule has 1 aliphatic carbocycles. The molecule has 1 unspecified atom stereocenters. The molecular weight excluding hydrogens is 544 g/mol. The number of aliphatic hydroxyl groups excluding tert-OH is 1. The summed E-state index contributed by atoms with van der Waals surface area (Å²) in [5.74, 6) is -0.530. The Bertz CT molecular complexity index is 1700. The third-order valence-electron chi connectivity index (χ3n) is 8.55. The minimum absolute atomic E-state index is 0.0189. The number of aliphatic hydroxyl groups is 1. The average molecular weight is 581 g/mol. The number of carbonyl (C=O) groups excluding carboxylic acids is 1. The zero-order valence-corrected chi connectivity index (χ0v) is 25.2. The fourth-order valence-electron chi connectivity index (χ4n) is 6.36. The first-order chi connectivity index (χ1) is 20.6. The Morgan fingerprint density at radius 3 is 2.44 bits per heavy atom. The zero-order valence-electron chi connectivity index (χ0n) is 25.2. The van der Waals surface area contributed by atoms with E-state index in [4.69, 9.17) is 19.8 Å². The lowest BCUT2D eigenvalue weighted by Gasteiger charge is -2.14. The lowest BCUT2D eigenvalue weighted by Crippen LogP contribution is -2.15. The van der Waals surface area contributed by atoms with Crippen LogP contribution in [0.5, 0.6) is 0 Å². The Balaban J connectivity index is 0.000000868. The summed E-state index contributed by atoms with van der Waals surface area (Å²) in [7, 11) is 1.31. The molecule has 1 atom stereocenters. The molecule has 9 nitrogen and oxygen atoms in total. The summed E-state index contributed by atoms with van der Waals surface area (Å²) in [5.41, 5.74) is 13.9. The van der Waals surface area contributed by atoms with E-state index in [9.17, 15) is 15.0 Å². The first-order valence-electron chi connectivity index (χ1n) is 14.4. The second kappa shape index (κ2) is 11.8. The molecule has 5 heterocycles. The van der Waals surface area contributed by atoms with Crippen LogP contribution < -0.4 is 5.32 Å². The van der Waals surface area contributed by atoms with Crippen LogP contribution in [0.25, 0.3) is 0 Å². The van der Waals surface area contributed by atoms with Crippen molar-refractivity contribution >= 4 is 29.6 Å². The molecule has 0 spiro atoms. The number of aliphatic imine (C=N–C) groups is 3. The highest BCUT2D eigenvalue weighted by atomic mass is 16.5. The summed E-state index contributed by atoms with van der Waals surface area (Å²) in [4.78, 5) is 35.4. The van der Waals surface area contributed by atoms with Crippen molar-refractivity contribution in [2.24, 2.45) is 20.9 Å². The van der Waals surface area contributed by atoms with Crippen LogP contribution in [0.4, 0.5) is 0 Å². The van der Waals surface area contributed by atoms with Crippen LogP contribution in [0.15, 0.2) is 119 Å². The maximum Gasteiger partial charge on any atom is 0.303 e. The first kappa shape index (κ1) is 29.7. The molecule has 0 aromatic carbocycles. The number of methoxy groups -OCH3 is 1. The highest BCUT2D eigenvalue weighted by Gasteiger charge is 2.38. The Kier molecular flexibility index (Phi) is 8.17. The third-order valence-corrected chi connectivity index (χ3v) is 8.55.